The summed E-state index contributed by atoms with van der Waals surface area (Å²) in [5, 5.41) is 8.92. The Morgan fingerprint density at radius 3 is 2.65 bits per heavy atom. The van der Waals surface area contributed by atoms with Gasteiger partial charge in [0.25, 0.3) is 10.2 Å². The zero-order valence-electron chi connectivity index (χ0n) is 11.2. The largest absolute Gasteiger partial charge is 0.481 e. The van der Waals surface area contributed by atoms with Crippen molar-refractivity contribution in [3.63, 3.8) is 0 Å². The lowest BCUT2D eigenvalue weighted by Crippen LogP contribution is -2.46. The molecule has 0 unspecified atom stereocenters. The van der Waals surface area contributed by atoms with Gasteiger partial charge in [-0.3, -0.25) is 4.79 Å². The maximum atomic E-state index is 12.4. The maximum absolute atomic E-state index is 12.4. The molecule has 1 N–H and O–H groups in total. The summed E-state index contributed by atoms with van der Waals surface area (Å²) in [5.74, 6) is -1.30. The lowest BCUT2D eigenvalue weighted by atomic mass is 9.99. The number of carboxylic acid groups (broad SMARTS) is 1. The van der Waals surface area contributed by atoms with Gasteiger partial charge in [0.1, 0.15) is 0 Å². The zero-order valence-corrected chi connectivity index (χ0v) is 12.0. The molecular weight excluding hydrogens is 284 g/mol. The number of hydrogen-bond acceptors (Lipinski definition) is 4. The molecule has 0 aliphatic carbocycles. The average molecular weight is 302 g/mol. The first-order chi connectivity index (χ1) is 9.41. The van der Waals surface area contributed by atoms with Crippen molar-refractivity contribution < 1.29 is 22.7 Å². The van der Waals surface area contributed by atoms with Gasteiger partial charge in [-0.2, -0.15) is 17.0 Å². The first-order valence-electron chi connectivity index (χ1n) is 6.36. The number of nitrogens with zero attached hydrogens (tertiary/aromatic N) is 2. The molecule has 20 heavy (non-hydrogen) atoms. The number of carbonyl (C=O) groups is 1. The van der Waals surface area contributed by atoms with Crippen molar-refractivity contribution in [3.8, 4) is 0 Å². The molecule has 0 saturated carbocycles. The van der Waals surface area contributed by atoms with Crippen LogP contribution in [0.15, 0.2) is 23.0 Å². The highest BCUT2D eigenvalue weighted by molar-refractivity contribution is 7.86. The number of piperidine rings is 1. The number of furan rings is 1. The first kappa shape index (κ1) is 15.0. The highest BCUT2D eigenvalue weighted by Crippen LogP contribution is 2.21. The molecule has 1 saturated heterocycles. The predicted octanol–water partition coefficient (Wildman–Crippen LogP) is 0.753. The Kier molecular flexibility index (Phi) is 4.46. The molecule has 8 heteroatoms. The van der Waals surface area contributed by atoms with Crippen LogP contribution in [0.4, 0.5) is 0 Å². The standard InChI is InChI=1S/C12H18N2O5S/c1-13(8-10-4-7-19-9-10)20(17,18)14-5-2-11(3-6-14)12(15)16/h4,7,9,11H,2-3,5-6,8H2,1H3,(H,15,16). The molecule has 2 heterocycles. The second kappa shape index (κ2) is 5.94. The summed E-state index contributed by atoms with van der Waals surface area (Å²) in [6, 6.07) is 1.71. The fourth-order valence-electron chi connectivity index (χ4n) is 2.25. The quantitative estimate of drug-likeness (QED) is 0.866. The SMILES string of the molecule is CN(Cc1ccoc1)S(=O)(=O)N1CCC(C(=O)O)CC1. The summed E-state index contributed by atoms with van der Waals surface area (Å²) in [5.41, 5.74) is 0.775. The van der Waals surface area contributed by atoms with Gasteiger partial charge in [0, 0.05) is 32.2 Å². The third kappa shape index (κ3) is 3.20. The van der Waals surface area contributed by atoms with Crippen molar-refractivity contribution in [1.82, 2.24) is 8.61 Å². The van der Waals surface area contributed by atoms with Crippen molar-refractivity contribution in [3.05, 3.63) is 24.2 Å². The van der Waals surface area contributed by atoms with E-state index in [4.69, 9.17) is 9.52 Å². The lowest BCUT2D eigenvalue weighted by molar-refractivity contribution is -0.142. The number of rotatable bonds is 5. The summed E-state index contributed by atoms with van der Waals surface area (Å²) < 4.78 is 32.2. The Bertz CT molecular complexity index is 546. The van der Waals surface area contributed by atoms with Crippen LogP contribution in [-0.2, 0) is 21.5 Å². The van der Waals surface area contributed by atoms with Crippen LogP contribution >= 0.6 is 0 Å². The molecule has 0 bridgehead atoms. The van der Waals surface area contributed by atoms with Gasteiger partial charge < -0.3 is 9.52 Å². The van der Waals surface area contributed by atoms with Crippen molar-refractivity contribution in [2.75, 3.05) is 20.1 Å². The minimum atomic E-state index is -3.56. The molecule has 0 radical (unpaired) electrons. The second-order valence-electron chi connectivity index (χ2n) is 4.91. The molecule has 1 aliphatic heterocycles. The molecule has 1 fully saturated rings. The van der Waals surface area contributed by atoms with Crippen molar-refractivity contribution in [2.24, 2.45) is 5.92 Å². The van der Waals surface area contributed by atoms with Gasteiger partial charge in [-0.15, -0.1) is 0 Å². The topological polar surface area (TPSA) is 91.1 Å². The van der Waals surface area contributed by atoms with Crippen LogP contribution in [-0.4, -0.2) is 48.2 Å². The van der Waals surface area contributed by atoms with Gasteiger partial charge in [-0.05, 0) is 18.9 Å². The first-order valence-corrected chi connectivity index (χ1v) is 7.76. The van der Waals surface area contributed by atoms with E-state index in [1.165, 1.54) is 28.2 Å². The number of hydrogen-bond donors (Lipinski definition) is 1. The fraction of sp³-hybridized carbons (Fsp3) is 0.583. The summed E-state index contributed by atoms with van der Waals surface area (Å²) in [6.45, 7) is 0.724. The zero-order chi connectivity index (χ0) is 14.8. The van der Waals surface area contributed by atoms with Crippen molar-refractivity contribution in [2.45, 2.75) is 19.4 Å². The van der Waals surface area contributed by atoms with E-state index in [1.807, 2.05) is 0 Å². The van der Waals surface area contributed by atoms with E-state index in [-0.39, 0.29) is 19.6 Å². The highest BCUT2D eigenvalue weighted by atomic mass is 32.2. The summed E-state index contributed by atoms with van der Waals surface area (Å²) in [4.78, 5) is 10.9. The Labute approximate surface area is 118 Å². The second-order valence-corrected chi connectivity index (χ2v) is 6.94. The number of carboxylic acids is 1. The minimum Gasteiger partial charge on any atom is -0.481 e. The Hall–Kier alpha value is -1.38. The van der Waals surface area contributed by atoms with Crippen LogP contribution in [0.5, 0.6) is 0 Å². The van der Waals surface area contributed by atoms with Gasteiger partial charge >= 0.3 is 5.97 Å². The summed E-state index contributed by atoms with van der Waals surface area (Å²) in [7, 11) is -2.05. The number of aliphatic carboxylic acids is 1. The van der Waals surface area contributed by atoms with E-state index in [1.54, 1.807) is 6.07 Å². The van der Waals surface area contributed by atoms with Gasteiger partial charge in [0.05, 0.1) is 18.4 Å². The van der Waals surface area contributed by atoms with Crippen molar-refractivity contribution >= 4 is 16.2 Å². The van der Waals surface area contributed by atoms with Crippen LogP contribution in [0, 0.1) is 5.92 Å². The Morgan fingerprint density at radius 2 is 2.15 bits per heavy atom. The third-order valence-electron chi connectivity index (χ3n) is 3.51. The highest BCUT2D eigenvalue weighted by Gasteiger charge is 2.33. The van der Waals surface area contributed by atoms with E-state index >= 15 is 0 Å². The van der Waals surface area contributed by atoms with Crippen LogP contribution in [0.3, 0.4) is 0 Å². The molecule has 0 spiro atoms. The van der Waals surface area contributed by atoms with Gasteiger partial charge in [-0.1, -0.05) is 0 Å². The normalized spacial score (nSPS) is 18.5. The Balaban J connectivity index is 1.98. The fourth-order valence-corrected chi connectivity index (χ4v) is 3.63. The predicted molar refractivity (Wildman–Crippen MR) is 71.0 cm³/mol. The van der Waals surface area contributed by atoms with Crippen LogP contribution < -0.4 is 0 Å². The van der Waals surface area contributed by atoms with Crippen LogP contribution in [0.25, 0.3) is 0 Å². The van der Waals surface area contributed by atoms with Crippen molar-refractivity contribution in [1.29, 1.82) is 0 Å². The lowest BCUT2D eigenvalue weighted by Gasteiger charge is -2.32. The molecule has 1 aromatic heterocycles. The van der Waals surface area contributed by atoms with E-state index in [0.717, 1.165) is 5.56 Å². The summed E-state index contributed by atoms with van der Waals surface area (Å²) >= 11 is 0. The molecule has 0 amide bonds. The minimum absolute atomic E-state index is 0.234. The van der Waals surface area contributed by atoms with Gasteiger partial charge in [0.2, 0.25) is 0 Å². The van der Waals surface area contributed by atoms with E-state index < -0.39 is 22.1 Å². The van der Waals surface area contributed by atoms with Crippen LogP contribution in [0.1, 0.15) is 18.4 Å². The molecule has 1 aliphatic rings. The summed E-state index contributed by atoms with van der Waals surface area (Å²) in [6.07, 6.45) is 3.71. The Morgan fingerprint density at radius 1 is 1.50 bits per heavy atom. The van der Waals surface area contributed by atoms with E-state index in [0.29, 0.717) is 12.8 Å². The third-order valence-corrected chi connectivity index (χ3v) is 5.44. The maximum Gasteiger partial charge on any atom is 0.306 e. The smallest absolute Gasteiger partial charge is 0.306 e. The van der Waals surface area contributed by atoms with Crippen LogP contribution in [0.2, 0.25) is 0 Å². The molecule has 2 rings (SSSR count). The molecule has 7 nitrogen and oxygen atoms in total. The van der Waals surface area contributed by atoms with E-state index in [9.17, 15) is 13.2 Å². The molecule has 0 aromatic carbocycles. The average Bonchev–Trinajstić information content (AvgIpc) is 2.91. The molecular formula is C12H18N2O5S. The molecule has 0 atom stereocenters. The molecule has 1 aromatic rings. The molecule has 112 valence electrons. The monoisotopic (exact) mass is 302 g/mol. The van der Waals surface area contributed by atoms with Gasteiger partial charge in [0.15, 0.2) is 0 Å². The van der Waals surface area contributed by atoms with E-state index in [2.05, 4.69) is 0 Å². The van der Waals surface area contributed by atoms with Gasteiger partial charge in [-0.25, -0.2) is 0 Å².